The summed E-state index contributed by atoms with van der Waals surface area (Å²) in [6.07, 6.45) is 5.68. The molecule has 0 aromatic heterocycles. The normalized spacial score (nSPS) is 14.2. The fourth-order valence-electron chi connectivity index (χ4n) is 1.82. The Balaban J connectivity index is 0.00000172. The molecule has 0 aliphatic heterocycles. The predicted octanol–water partition coefficient (Wildman–Crippen LogP) is 2.57. The second-order valence-electron chi connectivity index (χ2n) is 4.37. The smallest absolute Gasteiger partial charge is 0.254 e. The lowest BCUT2D eigenvalue weighted by Gasteiger charge is -2.13. The van der Waals surface area contributed by atoms with E-state index in [4.69, 9.17) is 0 Å². The van der Waals surface area contributed by atoms with Crippen LogP contribution in [0, 0.1) is 0 Å². The summed E-state index contributed by atoms with van der Waals surface area (Å²) in [4.78, 5) is 11.7. The molecule has 0 aromatic carbocycles. The second-order valence-corrected chi connectivity index (χ2v) is 4.37. The lowest BCUT2D eigenvalue weighted by molar-refractivity contribution is -0.117. The Morgan fingerprint density at radius 1 is 1.20 bits per heavy atom. The van der Waals surface area contributed by atoms with Gasteiger partial charge in [-0.25, -0.2) is 0 Å². The summed E-state index contributed by atoms with van der Waals surface area (Å²) in [5.41, 5.74) is 0.189. The lowest BCUT2D eigenvalue weighted by atomic mass is 10.0. The third kappa shape index (κ3) is 6.61. The summed E-state index contributed by atoms with van der Waals surface area (Å²) in [5.74, 6) is -0.696. The highest BCUT2D eigenvalue weighted by molar-refractivity contribution is 5.97. The van der Waals surface area contributed by atoms with Crippen molar-refractivity contribution in [3.63, 3.8) is 0 Å². The second kappa shape index (κ2) is 11.3. The Bertz CT molecular complexity index is 349. The molecule has 0 spiro atoms. The van der Waals surface area contributed by atoms with E-state index in [2.05, 4.69) is 10.6 Å². The van der Waals surface area contributed by atoms with Crippen LogP contribution < -0.4 is 10.6 Å². The zero-order valence-corrected chi connectivity index (χ0v) is 12.8. The van der Waals surface area contributed by atoms with Gasteiger partial charge >= 0.3 is 0 Å². The van der Waals surface area contributed by atoms with Crippen molar-refractivity contribution in [2.75, 3.05) is 20.1 Å². The van der Waals surface area contributed by atoms with Crippen molar-refractivity contribution in [2.45, 2.75) is 46.0 Å². The molecule has 0 bridgehead atoms. The molecule has 0 atom stereocenters. The van der Waals surface area contributed by atoms with Crippen molar-refractivity contribution in [3.05, 3.63) is 23.2 Å². The van der Waals surface area contributed by atoms with Crippen LogP contribution >= 0.6 is 0 Å². The topological polar surface area (TPSA) is 81.6 Å². The van der Waals surface area contributed by atoms with Crippen LogP contribution in [0.2, 0.25) is 0 Å². The number of unbranched alkanes of at least 4 members (excludes halogenated alkanes) is 2. The molecule has 1 rings (SSSR count). The molecule has 4 N–H and O–H groups in total. The number of allylic oxidation sites excluding steroid dienone is 2. The summed E-state index contributed by atoms with van der Waals surface area (Å²) in [6.45, 7) is 5.57. The highest BCUT2D eigenvalue weighted by Crippen LogP contribution is 2.21. The number of hydrogen-bond donors (Lipinski definition) is 4. The van der Waals surface area contributed by atoms with E-state index in [-0.39, 0.29) is 23.0 Å². The third-order valence-corrected chi connectivity index (χ3v) is 2.89. The fraction of sp³-hybridized carbons (Fsp3) is 0.667. The largest absolute Gasteiger partial charge is 0.508 e. The van der Waals surface area contributed by atoms with Crippen molar-refractivity contribution in [1.29, 1.82) is 0 Å². The molecular formula is C15H28N2O3. The SMILES string of the molecule is CC.CNCCCCCNC(=O)C1=CCCC(O)=C1O. The number of carbonyl (C=O) groups is 1. The van der Waals surface area contributed by atoms with Gasteiger partial charge in [-0.2, -0.15) is 0 Å². The first-order valence-corrected chi connectivity index (χ1v) is 7.41. The van der Waals surface area contributed by atoms with Crippen LogP contribution in [-0.4, -0.2) is 36.3 Å². The summed E-state index contributed by atoms with van der Waals surface area (Å²) in [6, 6.07) is 0. The van der Waals surface area contributed by atoms with Crippen LogP contribution in [0.1, 0.15) is 46.0 Å². The fourth-order valence-corrected chi connectivity index (χ4v) is 1.82. The van der Waals surface area contributed by atoms with E-state index in [1.54, 1.807) is 6.08 Å². The minimum absolute atomic E-state index is 0.100. The molecule has 5 heteroatoms. The van der Waals surface area contributed by atoms with Crippen LogP contribution in [0.4, 0.5) is 0 Å². The molecule has 20 heavy (non-hydrogen) atoms. The molecule has 1 aliphatic carbocycles. The Labute approximate surface area is 121 Å². The monoisotopic (exact) mass is 284 g/mol. The third-order valence-electron chi connectivity index (χ3n) is 2.89. The average molecular weight is 284 g/mol. The van der Waals surface area contributed by atoms with Crippen LogP contribution in [0.15, 0.2) is 23.2 Å². The molecule has 0 radical (unpaired) electrons. The van der Waals surface area contributed by atoms with Gasteiger partial charge in [-0.05, 0) is 32.9 Å². The van der Waals surface area contributed by atoms with Crippen molar-refractivity contribution < 1.29 is 15.0 Å². The molecule has 1 amide bonds. The molecule has 0 fully saturated rings. The Morgan fingerprint density at radius 2 is 1.85 bits per heavy atom. The van der Waals surface area contributed by atoms with Crippen molar-refractivity contribution in [3.8, 4) is 0 Å². The number of aliphatic hydroxyl groups is 2. The lowest BCUT2D eigenvalue weighted by Crippen LogP contribution is -2.28. The molecule has 0 saturated heterocycles. The maximum Gasteiger partial charge on any atom is 0.254 e. The van der Waals surface area contributed by atoms with Crippen LogP contribution in [-0.2, 0) is 4.79 Å². The predicted molar refractivity (Wildman–Crippen MR) is 81.7 cm³/mol. The number of nitrogens with one attached hydrogen (secondary N) is 2. The van der Waals surface area contributed by atoms with Gasteiger partial charge in [0.25, 0.3) is 5.91 Å². The summed E-state index contributed by atoms with van der Waals surface area (Å²) in [5, 5.41) is 24.8. The summed E-state index contributed by atoms with van der Waals surface area (Å²) >= 11 is 0. The number of carbonyl (C=O) groups excluding carboxylic acids is 1. The molecule has 0 saturated carbocycles. The molecule has 5 nitrogen and oxygen atoms in total. The zero-order chi connectivity index (χ0) is 15.4. The van der Waals surface area contributed by atoms with Gasteiger partial charge in [0.15, 0.2) is 5.76 Å². The van der Waals surface area contributed by atoms with Gasteiger partial charge in [-0.1, -0.05) is 26.3 Å². The molecular weight excluding hydrogens is 256 g/mol. The van der Waals surface area contributed by atoms with Gasteiger partial charge in [0, 0.05) is 13.0 Å². The number of hydrogen-bond acceptors (Lipinski definition) is 4. The van der Waals surface area contributed by atoms with Gasteiger partial charge in [0.2, 0.25) is 0 Å². The van der Waals surface area contributed by atoms with Crippen LogP contribution in [0.5, 0.6) is 0 Å². The van der Waals surface area contributed by atoms with E-state index in [0.29, 0.717) is 19.4 Å². The first-order valence-electron chi connectivity index (χ1n) is 7.41. The van der Waals surface area contributed by atoms with Crippen LogP contribution in [0.3, 0.4) is 0 Å². The summed E-state index contributed by atoms with van der Waals surface area (Å²) < 4.78 is 0. The molecule has 116 valence electrons. The van der Waals surface area contributed by atoms with Gasteiger partial charge in [0.05, 0.1) is 5.57 Å². The quantitative estimate of drug-likeness (QED) is 0.542. The van der Waals surface area contributed by atoms with Crippen molar-refractivity contribution in [1.82, 2.24) is 10.6 Å². The van der Waals surface area contributed by atoms with E-state index in [1.165, 1.54) is 0 Å². The van der Waals surface area contributed by atoms with Gasteiger partial charge in [-0.15, -0.1) is 0 Å². The zero-order valence-electron chi connectivity index (χ0n) is 12.8. The van der Waals surface area contributed by atoms with E-state index in [1.807, 2.05) is 20.9 Å². The van der Waals surface area contributed by atoms with E-state index >= 15 is 0 Å². The Morgan fingerprint density at radius 3 is 2.50 bits per heavy atom. The molecule has 1 aliphatic rings. The number of amides is 1. The first kappa shape index (κ1) is 18.5. The minimum Gasteiger partial charge on any atom is -0.508 e. The van der Waals surface area contributed by atoms with Crippen molar-refractivity contribution in [2.24, 2.45) is 0 Å². The Kier molecular flexibility index (Phi) is 10.5. The average Bonchev–Trinajstić information content (AvgIpc) is 2.47. The first-order chi connectivity index (χ1) is 9.66. The van der Waals surface area contributed by atoms with Crippen molar-refractivity contribution >= 4 is 5.91 Å². The van der Waals surface area contributed by atoms with E-state index < -0.39 is 0 Å². The number of rotatable bonds is 7. The van der Waals surface area contributed by atoms with Gasteiger partial charge < -0.3 is 20.8 Å². The van der Waals surface area contributed by atoms with Crippen LogP contribution in [0.25, 0.3) is 0 Å². The molecule has 0 unspecified atom stereocenters. The minimum atomic E-state index is -0.313. The highest BCUT2D eigenvalue weighted by Gasteiger charge is 2.20. The number of aliphatic hydroxyl groups excluding tert-OH is 2. The van der Waals surface area contributed by atoms with E-state index in [9.17, 15) is 15.0 Å². The molecule has 0 heterocycles. The Hall–Kier alpha value is -1.49. The highest BCUT2D eigenvalue weighted by atomic mass is 16.3. The van der Waals surface area contributed by atoms with Gasteiger partial charge in [-0.3, -0.25) is 4.79 Å². The standard InChI is InChI=1S/C13H22N2O3.C2H6/c1-14-8-3-2-4-9-15-13(18)10-6-5-7-11(16)12(10)17;1-2/h6,14,16-17H,2-5,7-9H2,1H3,(H,15,18);1-2H3. The molecule has 0 aromatic rings. The van der Waals surface area contributed by atoms with E-state index in [0.717, 1.165) is 25.8 Å². The maximum atomic E-state index is 11.7. The van der Waals surface area contributed by atoms with Gasteiger partial charge in [0.1, 0.15) is 5.76 Å². The summed E-state index contributed by atoms with van der Waals surface area (Å²) in [7, 11) is 1.92. The maximum absolute atomic E-state index is 11.7.